The molecule has 3 rings (SSSR count). The average Bonchev–Trinajstić information content (AvgIpc) is 3.19. The van der Waals surface area contributed by atoms with Gasteiger partial charge in [0.1, 0.15) is 26.4 Å². The van der Waals surface area contributed by atoms with Gasteiger partial charge < -0.3 is 9.30 Å². The molecule has 2 heterocycles. The van der Waals surface area contributed by atoms with Gasteiger partial charge in [0.25, 0.3) is 15.9 Å². The lowest BCUT2D eigenvalue weighted by Gasteiger charge is -2.12. The fraction of sp³-hybridized carbons (Fsp3) is 0.235. The molecular formula is C17H17Cl2N8O3S2+. The number of nitrogens with zero attached hydrogens (tertiary/aromatic N) is 6. The van der Waals surface area contributed by atoms with Crippen LogP contribution < -0.4 is 14.4 Å². The van der Waals surface area contributed by atoms with E-state index in [0.29, 0.717) is 16.6 Å². The molecule has 168 valence electrons. The fourth-order valence-electron chi connectivity index (χ4n) is 2.60. The standard InChI is InChI=1S/C17H17Cl2N8O3S2/c1-27-7-6-21-16(27)11(24-26-20)9-31-13-8-22-15(17(23-13)30-2)25-32(28,29)12-5-3-4-10(18)14(12)19/h3-8,11,20H,9H2,1-2H3,(H,22,25)/q+1. The number of sulfonamides is 1. The van der Waals surface area contributed by atoms with Crippen LogP contribution in [0.1, 0.15) is 11.9 Å². The first-order valence-electron chi connectivity index (χ1n) is 8.81. The van der Waals surface area contributed by atoms with Crippen LogP contribution in [-0.2, 0) is 17.1 Å². The zero-order valence-electron chi connectivity index (χ0n) is 16.7. The highest BCUT2D eigenvalue weighted by molar-refractivity contribution is 7.99. The third-order valence-corrected chi connectivity index (χ3v) is 7.38. The quantitative estimate of drug-likeness (QED) is 0.250. The van der Waals surface area contributed by atoms with Crippen molar-refractivity contribution in [2.75, 3.05) is 17.6 Å². The highest BCUT2D eigenvalue weighted by Crippen LogP contribution is 2.32. The largest absolute Gasteiger partial charge is 0.478 e. The third-order valence-electron chi connectivity index (χ3n) is 4.09. The lowest BCUT2D eigenvalue weighted by atomic mass is 10.3. The molecule has 0 spiro atoms. The predicted octanol–water partition coefficient (Wildman–Crippen LogP) is 3.71. The Labute approximate surface area is 197 Å². The van der Waals surface area contributed by atoms with Gasteiger partial charge in [-0.1, -0.05) is 29.3 Å². The third kappa shape index (κ3) is 5.37. The molecule has 1 atom stereocenters. The van der Waals surface area contributed by atoms with E-state index < -0.39 is 16.1 Å². The lowest BCUT2D eigenvalue weighted by molar-refractivity contribution is 0.394. The molecule has 1 aromatic carbocycles. The number of aromatic nitrogens is 4. The maximum absolute atomic E-state index is 12.7. The van der Waals surface area contributed by atoms with Crippen LogP contribution in [0.4, 0.5) is 5.82 Å². The van der Waals surface area contributed by atoms with Crippen molar-refractivity contribution < 1.29 is 13.2 Å². The predicted molar refractivity (Wildman–Crippen MR) is 120 cm³/mol. The highest BCUT2D eigenvalue weighted by Gasteiger charge is 2.24. The van der Waals surface area contributed by atoms with E-state index in [1.54, 1.807) is 17.0 Å². The summed E-state index contributed by atoms with van der Waals surface area (Å²) < 4.78 is 34.8. The van der Waals surface area contributed by atoms with Crippen LogP contribution >= 0.6 is 35.0 Å². The highest BCUT2D eigenvalue weighted by atomic mass is 35.5. The molecule has 0 aliphatic rings. The van der Waals surface area contributed by atoms with Crippen LogP contribution in [0.5, 0.6) is 5.88 Å². The number of ether oxygens (including phenoxy) is 1. The lowest BCUT2D eigenvalue weighted by Crippen LogP contribution is -2.16. The van der Waals surface area contributed by atoms with Gasteiger partial charge in [0, 0.05) is 25.2 Å². The molecule has 0 bridgehead atoms. The van der Waals surface area contributed by atoms with E-state index in [4.69, 9.17) is 33.5 Å². The van der Waals surface area contributed by atoms with E-state index in [1.807, 2.05) is 7.05 Å². The zero-order valence-corrected chi connectivity index (χ0v) is 19.9. The summed E-state index contributed by atoms with van der Waals surface area (Å²) >= 11 is 13.2. The SMILES string of the molecule is COc1nc(SCC(N=[N+]=N)c2nccn2C)cnc1NS(=O)(=O)c1cccc(Cl)c1Cl. The fourth-order valence-corrected chi connectivity index (χ4v) is 5.19. The van der Waals surface area contributed by atoms with Gasteiger partial charge >= 0.3 is 0 Å². The van der Waals surface area contributed by atoms with Crippen molar-refractivity contribution in [3.63, 3.8) is 0 Å². The normalized spacial score (nSPS) is 12.1. The summed E-state index contributed by atoms with van der Waals surface area (Å²) in [6, 6.07) is 3.79. The van der Waals surface area contributed by atoms with Gasteiger partial charge in [-0.15, -0.1) is 11.8 Å². The molecule has 0 amide bonds. The van der Waals surface area contributed by atoms with Gasteiger partial charge in [-0.2, -0.15) is 0 Å². The molecule has 3 aromatic rings. The van der Waals surface area contributed by atoms with Gasteiger partial charge in [0.05, 0.1) is 23.4 Å². The molecule has 32 heavy (non-hydrogen) atoms. The van der Waals surface area contributed by atoms with Crippen LogP contribution in [0, 0.1) is 5.53 Å². The molecule has 15 heteroatoms. The maximum Gasteiger partial charge on any atom is 0.264 e. The number of thioether (sulfide) groups is 1. The van der Waals surface area contributed by atoms with Crippen molar-refractivity contribution in [1.29, 1.82) is 5.53 Å². The van der Waals surface area contributed by atoms with Crippen LogP contribution in [-0.4, -0.2) is 40.8 Å². The number of halogens is 2. The molecule has 0 radical (unpaired) electrons. The monoisotopic (exact) mass is 515 g/mol. The molecule has 0 saturated heterocycles. The average molecular weight is 516 g/mol. The number of hydrogen-bond acceptors (Lipinski definition) is 9. The van der Waals surface area contributed by atoms with Crippen molar-refractivity contribution >= 4 is 50.8 Å². The topological polar surface area (TPSA) is 149 Å². The smallest absolute Gasteiger partial charge is 0.264 e. The Hall–Kier alpha value is -2.70. The molecule has 11 nitrogen and oxygen atoms in total. The number of rotatable bonds is 9. The molecule has 0 aliphatic carbocycles. The Morgan fingerprint density at radius 1 is 1.38 bits per heavy atom. The Morgan fingerprint density at radius 2 is 2.16 bits per heavy atom. The minimum atomic E-state index is -4.09. The van der Waals surface area contributed by atoms with Crippen LogP contribution in [0.2, 0.25) is 10.0 Å². The van der Waals surface area contributed by atoms with Gasteiger partial charge in [-0.3, -0.25) is 4.72 Å². The van der Waals surface area contributed by atoms with Crippen molar-refractivity contribution in [3.05, 3.63) is 52.7 Å². The minimum Gasteiger partial charge on any atom is -0.478 e. The first-order valence-corrected chi connectivity index (χ1v) is 12.0. The van der Waals surface area contributed by atoms with E-state index in [9.17, 15) is 8.42 Å². The van der Waals surface area contributed by atoms with E-state index in [2.05, 4.69) is 29.7 Å². The summed E-state index contributed by atoms with van der Waals surface area (Å²) in [7, 11) is -0.939. The second-order valence-electron chi connectivity index (χ2n) is 6.16. The second-order valence-corrected chi connectivity index (χ2v) is 9.64. The minimum absolute atomic E-state index is 0.0348. The second kappa shape index (κ2) is 10.3. The number of hydrogen-bond donors (Lipinski definition) is 2. The molecular weight excluding hydrogens is 499 g/mol. The van der Waals surface area contributed by atoms with E-state index in [-0.39, 0.29) is 26.6 Å². The summed E-state index contributed by atoms with van der Waals surface area (Å²) in [5.41, 5.74) is 7.05. The van der Waals surface area contributed by atoms with Gasteiger partial charge in [0.15, 0.2) is 0 Å². The Morgan fingerprint density at radius 3 is 2.81 bits per heavy atom. The molecule has 2 N–H and O–H groups in total. The van der Waals surface area contributed by atoms with Gasteiger partial charge in [-0.05, 0) is 12.1 Å². The number of anilines is 1. The van der Waals surface area contributed by atoms with E-state index >= 15 is 0 Å². The molecule has 1 unspecified atom stereocenters. The summed E-state index contributed by atoms with van der Waals surface area (Å²) in [4.78, 5) is 15.6. The number of imidazole rings is 1. The summed E-state index contributed by atoms with van der Waals surface area (Å²) in [5.74, 6) is 0.858. The Bertz CT molecular complexity index is 1280. The van der Waals surface area contributed by atoms with E-state index in [0.717, 1.165) is 0 Å². The van der Waals surface area contributed by atoms with Crippen molar-refractivity contribution in [1.82, 2.24) is 24.4 Å². The summed E-state index contributed by atoms with van der Waals surface area (Å²) in [6.45, 7) is 0. The van der Waals surface area contributed by atoms with Gasteiger partial charge in [-0.25, -0.2) is 23.4 Å². The summed E-state index contributed by atoms with van der Waals surface area (Å²) in [6.07, 6.45) is 4.78. The van der Waals surface area contributed by atoms with Crippen molar-refractivity contribution in [2.24, 2.45) is 12.2 Å². The molecule has 0 saturated carbocycles. The Balaban J connectivity index is 1.81. The Kier molecular flexibility index (Phi) is 7.69. The van der Waals surface area contributed by atoms with Crippen LogP contribution in [0.15, 0.2) is 51.8 Å². The van der Waals surface area contributed by atoms with Crippen molar-refractivity contribution in [2.45, 2.75) is 16.0 Å². The first-order chi connectivity index (χ1) is 15.3. The number of nitrogens with one attached hydrogen (secondary N) is 2. The molecule has 2 aromatic heterocycles. The molecule has 0 aliphatic heterocycles. The summed E-state index contributed by atoms with van der Waals surface area (Å²) in [5, 5.41) is 4.34. The number of aryl methyl sites for hydroxylation is 1. The van der Waals surface area contributed by atoms with Crippen LogP contribution in [0.25, 0.3) is 0 Å². The van der Waals surface area contributed by atoms with Crippen molar-refractivity contribution in [3.8, 4) is 5.88 Å². The first kappa shape index (κ1) is 24.0. The maximum atomic E-state index is 12.7. The number of methoxy groups -OCH3 is 1. The van der Waals surface area contributed by atoms with E-state index in [1.165, 1.54) is 43.3 Å². The number of benzene rings is 1. The van der Waals surface area contributed by atoms with Crippen LogP contribution in [0.3, 0.4) is 0 Å². The van der Waals surface area contributed by atoms with Gasteiger partial charge in [0.2, 0.25) is 16.8 Å². The zero-order chi connectivity index (χ0) is 23.3. The molecule has 0 fully saturated rings.